The summed E-state index contributed by atoms with van der Waals surface area (Å²) in [6.45, 7) is 6.03. The first kappa shape index (κ1) is 12.3. The van der Waals surface area contributed by atoms with Gasteiger partial charge in [-0.3, -0.25) is 4.79 Å². The van der Waals surface area contributed by atoms with Gasteiger partial charge in [0.1, 0.15) is 5.69 Å². The van der Waals surface area contributed by atoms with Gasteiger partial charge in [-0.1, -0.05) is 25.0 Å². The standard InChI is InChI=1S/C16H20N2O/c1-3-5-12-8-11(2)9-13-10-14-16(19)17-6-4-7-18(14)15(12)13/h8-10H,3-7H2,1-2H3,(H,17,19). The van der Waals surface area contributed by atoms with E-state index in [1.807, 2.05) is 6.07 Å². The van der Waals surface area contributed by atoms with Gasteiger partial charge in [0.05, 0.1) is 5.52 Å². The molecule has 3 nitrogen and oxygen atoms in total. The molecule has 0 bridgehead atoms. The molecule has 100 valence electrons. The van der Waals surface area contributed by atoms with Crippen molar-refractivity contribution in [2.45, 2.75) is 39.7 Å². The van der Waals surface area contributed by atoms with Crippen LogP contribution in [0, 0.1) is 6.92 Å². The van der Waals surface area contributed by atoms with Crippen LogP contribution >= 0.6 is 0 Å². The van der Waals surface area contributed by atoms with Crippen LogP contribution in [0.5, 0.6) is 0 Å². The highest BCUT2D eigenvalue weighted by Crippen LogP contribution is 2.27. The smallest absolute Gasteiger partial charge is 0.267 e. The summed E-state index contributed by atoms with van der Waals surface area (Å²) in [5, 5.41) is 4.17. The second-order valence-electron chi connectivity index (χ2n) is 5.40. The molecule has 0 aliphatic carbocycles. The molecule has 1 amide bonds. The summed E-state index contributed by atoms with van der Waals surface area (Å²) in [5.41, 5.74) is 4.73. The molecule has 0 spiro atoms. The maximum absolute atomic E-state index is 12.1. The summed E-state index contributed by atoms with van der Waals surface area (Å²) in [6, 6.07) is 6.49. The molecular formula is C16H20N2O. The largest absolute Gasteiger partial charge is 0.351 e. The summed E-state index contributed by atoms with van der Waals surface area (Å²) in [6.07, 6.45) is 3.20. The predicted molar refractivity (Wildman–Crippen MR) is 77.6 cm³/mol. The number of rotatable bonds is 2. The molecule has 0 atom stereocenters. The summed E-state index contributed by atoms with van der Waals surface area (Å²) in [4.78, 5) is 12.1. The van der Waals surface area contributed by atoms with Gasteiger partial charge >= 0.3 is 0 Å². The molecule has 0 saturated heterocycles. The van der Waals surface area contributed by atoms with E-state index in [-0.39, 0.29) is 5.91 Å². The molecule has 3 heteroatoms. The summed E-state index contributed by atoms with van der Waals surface area (Å²) < 4.78 is 2.21. The van der Waals surface area contributed by atoms with E-state index in [0.717, 1.165) is 38.0 Å². The maximum Gasteiger partial charge on any atom is 0.267 e. The third-order valence-corrected chi connectivity index (χ3v) is 3.81. The van der Waals surface area contributed by atoms with Crippen LogP contribution in [0.4, 0.5) is 0 Å². The number of carbonyl (C=O) groups excluding carboxylic acids is 1. The summed E-state index contributed by atoms with van der Waals surface area (Å²) in [7, 11) is 0. The van der Waals surface area contributed by atoms with Crippen molar-refractivity contribution in [3.05, 3.63) is 35.0 Å². The SMILES string of the molecule is CCCc1cc(C)cc2cc3n(c12)CCCNC3=O. The van der Waals surface area contributed by atoms with Gasteiger partial charge in [-0.2, -0.15) is 0 Å². The zero-order chi connectivity index (χ0) is 13.4. The van der Waals surface area contributed by atoms with Crippen molar-refractivity contribution in [2.75, 3.05) is 6.54 Å². The minimum atomic E-state index is 0.0637. The molecular weight excluding hydrogens is 236 g/mol. The van der Waals surface area contributed by atoms with Crippen molar-refractivity contribution in [3.8, 4) is 0 Å². The zero-order valence-corrected chi connectivity index (χ0v) is 11.6. The first-order valence-electron chi connectivity index (χ1n) is 7.11. The van der Waals surface area contributed by atoms with Crippen LogP contribution in [0.2, 0.25) is 0 Å². The summed E-state index contributed by atoms with van der Waals surface area (Å²) in [5.74, 6) is 0.0637. The number of nitrogens with one attached hydrogen (secondary N) is 1. The molecule has 0 fully saturated rings. The lowest BCUT2D eigenvalue weighted by atomic mass is 10.0. The van der Waals surface area contributed by atoms with Gasteiger partial charge in [0.15, 0.2) is 0 Å². The summed E-state index contributed by atoms with van der Waals surface area (Å²) >= 11 is 0. The number of carbonyl (C=O) groups is 1. The average Bonchev–Trinajstić information content (AvgIpc) is 2.64. The van der Waals surface area contributed by atoms with Gasteiger partial charge in [-0.25, -0.2) is 0 Å². The van der Waals surface area contributed by atoms with E-state index >= 15 is 0 Å². The molecule has 0 saturated carbocycles. The van der Waals surface area contributed by atoms with Crippen LogP contribution in [0.1, 0.15) is 41.4 Å². The topological polar surface area (TPSA) is 34.0 Å². The lowest BCUT2D eigenvalue weighted by molar-refractivity contribution is 0.0951. The minimum Gasteiger partial charge on any atom is -0.351 e. The molecule has 1 aliphatic heterocycles. The molecule has 1 aromatic heterocycles. The fraction of sp³-hybridized carbons (Fsp3) is 0.438. The molecule has 0 radical (unpaired) electrons. The molecule has 0 unspecified atom stereocenters. The van der Waals surface area contributed by atoms with Crippen LogP contribution in [0.15, 0.2) is 18.2 Å². The van der Waals surface area contributed by atoms with Gasteiger partial charge in [0, 0.05) is 18.5 Å². The third-order valence-electron chi connectivity index (χ3n) is 3.81. The first-order valence-corrected chi connectivity index (χ1v) is 7.11. The van der Waals surface area contributed by atoms with E-state index in [4.69, 9.17) is 0 Å². The number of benzene rings is 1. The second kappa shape index (κ2) is 4.72. The van der Waals surface area contributed by atoms with Crippen LogP contribution in [-0.4, -0.2) is 17.0 Å². The first-order chi connectivity index (χ1) is 9.20. The van der Waals surface area contributed by atoms with Gasteiger partial charge in [0.25, 0.3) is 5.91 Å². The van der Waals surface area contributed by atoms with Crippen molar-refractivity contribution in [2.24, 2.45) is 0 Å². The van der Waals surface area contributed by atoms with E-state index in [0.29, 0.717) is 0 Å². The number of aromatic nitrogens is 1. The molecule has 1 N–H and O–H groups in total. The van der Waals surface area contributed by atoms with Gasteiger partial charge in [-0.15, -0.1) is 0 Å². The molecule has 2 heterocycles. The van der Waals surface area contributed by atoms with Crippen molar-refractivity contribution in [1.82, 2.24) is 9.88 Å². The third kappa shape index (κ3) is 2.03. The average molecular weight is 256 g/mol. The molecule has 1 aliphatic rings. The quantitative estimate of drug-likeness (QED) is 0.880. The second-order valence-corrected chi connectivity index (χ2v) is 5.40. The Morgan fingerprint density at radius 1 is 1.32 bits per heavy atom. The van der Waals surface area contributed by atoms with E-state index in [9.17, 15) is 4.79 Å². The highest BCUT2D eigenvalue weighted by atomic mass is 16.1. The van der Waals surface area contributed by atoms with Crippen LogP contribution in [0.3, 0.4) is 0 Å². The Morgan fingerprint density at radius 2 is 2.16 bits per heavy atom. The number of fused-ring (bicyclic) bond motifs is 3. The van der Waals surface area contributed by atoms with E-state index in [2.05, 4.69) is 35.9 Å². The minimum absolute atomic E-state index is 0.0637. The number of hydrogen-bond donors (Lipinski definition) is 1. The number of amides is 1. The Balaban J connectivity index is 2.28. The molecule has 1 aromatic carbocycles. The number of aryl methyl sites for hydroxylation is 3. The van der Waals surface area contributed by atoms with Crippen LogP contribution in [-0.2, 0) is 13.0 Å². The number of hydrogen-bond acceptors (Lipinski definition) is 1. The van der Waals surface area contributed by atoms with Crippen molar-refractivity contribution >= 4 is 16.8 Å². The molecule has 3 rings (SSSR count). The predicted octanol–water partition coefficient (Wildman–Crippen LogP) is 3.04. The maximum atomic E-state index is 12.1. The zero-order valence-electron chi connectivity index (χ0n) is 11.6. The fourth-order valence-corrected chi connectivity index (χ4v) is 3.08. The highest BCUT2D eigenvalue weighted by Gasteiger charge is 2.19. The van der Waals surface area contributed by atoms with Crippen LogP contribution in [0.25, 0.3) is 10.9 Å². The van der Waals surface area contributed by atoms with Gasteiger partial charge in [0.2, 0.25) is 0 Å². The molecule has 19 heavy (non-hydrogen) atoms. The van der Waals surface area contributed by atoms with Crippen molar-refractivity contribution < 1.29 is 4.79 Å². The van der Waals surface area contributed by atoms with Crippen molar-refractivity contribution in [3.63, 3.8) is 0 Å². The van der Waals surface area contributed by atoms with Gasteiger partial charge < -0.3 is 9.88 Å². The highest BCUT2D eigenvalue weighted by molar-refractivity contribution is 6.00. The normalized spacial score (nSPS) is 15.2. The Hall–Kier alpha value is -1.77. The van der Waals surface area contributed by atoms with Gasteiger partial charge in [-0.05, 0) is 37.5 Å². The number of nitrogens with zero attached hydrogens (tertiary/aromatic N) is 1. The van der Waals surface area contributed by atoms with Crippen LogP contribution < -0.4 is 5.32 Å². The molecule has 2 aromatic rings. The Bertz CT molecular complexity index is 640. The Kier molecular flexibility index (Phi) is 3.05. The van der Waals surface area contributed by atoms with E-state index in [1.165, 1.54) is 22.0 Å². The Morgan fingerprint density at radius 3 is 2.95 bits per heavy atom. The monoisotopic (exact) mass is 256 g/mol. The van der Waals surface area contributed by atoms with E-state index < -0.39 is 0 Å². The van der Waals surface area contributed by atoms with Crippen molar-refractivity contribution in [1.29, 1.82) is 0 Å². The lowest BCUT2D eigenvalue weighted by Gasteiger charge is -2.10. The Labute approximate surface area is 113 Å². The lowest BCUT2D eigenvalue weighted by Crippen LogP contribution is -2.22. The van der Waals surface area contributed by atoms with E-state index in [1.54, 1.807) is 0 Å². The fourth-order valence-electron chi connectivity index (χ4n) is 3.08.